The van der Waals surface area contributed by atoms with Crippen molar-refractivity contribution in [2.24, 2.45) is 10.4 Å². The number of thioether (sulfide) groups is 1. The van der Waals surface area contributed by atoms with E-state index in [9.17, 15) is 19.5 Å². The number of carboxylic acids is 1. The van der Waals surface area contributed by atoms with Crippen molar-refractivity contribution in [3.8, 4) is 0 Å². The highest BCUT2D eigenvalue weighted by molar-refractivity contribution is 8.03. The van der Waals surface area contributed by atoms with E-state index in [2.05, 4.69) is 22.0 Å². The Morgan fingerprint density at radius 1 is 1.25 bits per heavy atom. The van der Waals surface area contributed by atoms with Crippen molar-refractivity contribution in [3.63, 3.8) is 0 Å². The molecule has 0 saturated heterocycles. The molecular formula is C25H26ClN5O4S. The molecule has 1 heterocycles. The molecule has 1 fully saturated rings. The summed E-state index contributed by atoms with van der Waals surface area (Å²) in [5.74, 6) is -0.129. The Hall–Kier alpha value is -3.37. The number of carboxylic acid groups (broad SMARTS) is 1. The predicted octanol–water partition coefficient (Wildman–Crippen LogP) is 3.89. The molecule has 0 aliphatic heterocycles. The van der Waals surface area contributed by atoms with E-state index in [0.29, 0.717) is 30.0 Å². The molecule has 1 aromatic carbocycles. The number of anilines is 1. The average Bonchev–Trinajstić information content (AvgIpc) is 3.66. The third kappa shape index (κ3) is 5.55. The van der Waals surface area contributed by atoms with Gasteiger partial charge in [0.2, 0.25) is 5.95 Å². The molecule has 0 spiro atoms. The molecule has 0 amide bonds. The van der Waals surface area contributed by atoms with Gasteiger partial charge < -0.3 is 10.4 Å². The molecule has 9 nitrogen and oxygen atoms in total. The van der Waals surface area contributed by atoms with Crippen molar-refractivity contribution in [2.75, 3.05) is 11.1 Å². The molecule has 1 aromatic heterocycles. The lowest BCUT2D eigenvalue weighted by Gasteiger charge is -2.18. The number of nitrogens with one attached hydrogen (secondary N) is 1. The molecule has 0 bridgehead atoms. The van der Waals surface area contributed by atoms with Crippen molar-refractivity contribution in [1.82, 2.24) is 14.1 Å². The highest BCUT2D eigenvalue weighted by Gasteiger charge is 2.51. The highest BCUT2D eigenvalue weighted by atomic mass is 35.5. The highest BCUT2D eigenvalue weighted by Crippen LogP contribution is 2.46. The first kappa shape index (κ1) is 25.7. The summed E-state index contributed by atoms with van der Waals surface area (Å²) in [7, 11) is 0. The second-order valence-electron chi connectivity index (χ2n) is 8.59. The van der Waals surface area contributed by atoms with Crippen LogP contribution < -0.4 is 16.7 Å². The van der Waals surface area contributed by atoms with Crippen LogP contribution in [0.2, 0.25) is 5.02 Å². The quantitative estimate of drug-likeness (QED) is 0.450. The Bertz CT molecular complexity index is 1400. The summed E-state index contributed by atoms with van der Waals surface area (Å²) in [4.78, 5) is 47.4. The number of carbonyl (C=O) groups is 1. The van der Waals surface area contributed by atoms with Gasteiger partial charge in [0.05, 0.1) is 17.7 Å². The summed E-state index contributed by atoms with van der Waals surface area (Å²) < 4.78 is 2.26. The van der Waals surface area contributed by atoms with Crippen molar-refractivity contribution < 1.29 is 9.90 Å². The molecule has 1 saturated carbocycles. The van der Waals surface area contributed by atoms with Crippen LogP contribution in [0, 0.1) is 5.41 Å². The number of rotatable bonds is 10. The van der Waals surface area contributed by atoms with Gasteiger partial charge in [0, 0.05) is 22.2 Å². The zero-order valence-corrected chi connectivity index (χ0v) is 21.3. The van der Waals surface area contributed by atoms with E-state index in [4.69, 9.17) is 11.6 Å². The standard InChI is InChI=1S/C25H26ClN5O4S/c1-3-36-20-13-18(5-4-6-19(20)27-2)28-22-29-23(34)31(15-25(11-12-25)21(32)33)24(35)30(22)14-16-7-9-17(26)10-8-16/h5-10,13H,2-4,11-12,14-15H2,1H3,(H,32,33)(H,28,29,34). The van der Waals surface area contributed by atoms with Gasteiger partial charge in [-0.05, 0) is 55.5 Å². The molecular weight excluding hydrogens is 502 g/mol. The Morgan fingerprint density at radius 2 is 1.97 bits per heavy atom. The second kappa shape index (κ2) is 10.7. The third-order valence-electron chi connectivity index (χ3n) is 6.09. The van der Waals surface area contributed by atoms with Crippen LogP contribution in [0.4, 0.5) is 5.95 Å². The molecule has 0 unspecified atom stereocenters. The lowest BCUT2D eigenvalue weighted by atomic mass is 10.1. The third-order valence-corrected chi connectivity index (χ3v) is 7.26. The normalized spacial score (nSPS) is 16.3. The van der Waals surface area contributed by atoms with Gasteiger partial charge in [0.15, 0.2) is 0 Å². The van der Waals surface area contributed by atoms with Crippen LogP contribution in [0.1, 0.15) is 31.7 Å². The van der Waals surface area contributed by atoms with Gasteiger partial charge in [0.1, 0.15) is 0 Å². The number of benzene rings is 1. The molecule has 11 heteroatoms. The van der Waals surface area contributed by atoms with E-state index < -0.39 is 22.8 Å². The Labute approximate surface area is 216 Å². The molecule has 0 radical (unpaired) electrons. The van der Waals surface area contributed by atoms with Crippen LogP contribution in [0.5, 0.6) is 0 Å². The summed E-state index contributed by atoms with van der Waals surface area (Å²) in [6, 6.07) is 6.98. The molecule has 0 atom stereocenters. The minimum atomic E-state index is -1.10. The number of halogens is 1. The first-order valence-corrected chi connectivity index (χ1v) is 12.8. The molecule has 36 heavy (non-hydrogen) atoms. The van der Waals surface area contributed by atoms with Crippen LogP contribution in [-0.4, -0.2) is 37.7 Å². The zero-order valence-electron chi connectivity index (χ0n) is 19.7. The predicted molar refractivity (Wildman–Crippen MR) is 143 cm³/mol. The fourth-order valence-corrected chi connectivity index (χ4v) is 4.81. The largest absolute Gasteiger partial charge is 0.481 e. The number of nitrogens with zero attached hydrogens (tertiary/aromatic N) is 4. The topological polar surface area (TPSA) is 119 Å². The molecule has 2 N–H and O–H groups in total. The van der Waals surface area contributed by atoms with Gasteiger partial charge in [-0.25, -0.2) is 14.2 Å². The SMILES string of the molecule is C=NC1=CCC=C(Nc2nc(=O)n(CC3(C(=O)O)CC3)c(=O)n2Cc2ccc(Cl)cc2)C=C1SCC. The Balaban J connectivity index is 1.76. The Kier molecular flexibility index (Phi) is 7.65. The van der Waals surface area contributed by atoms with E-state index in [0.717, 1.165) is 26.5 Å². The summed E-state index contributed by atoms with van der Waals surface area (Å²) >= 11 is 7.61. The first-order valence-electron chi connectivity index (χ1n) is 11.4. The van der Waals surface area contributed by atoms with Gasteiger partial charge in [0.25, 0.3) is 0 Å². The van der Waals surface area contributed by atoms with Gasteiger partial charge >= 0.3 is 17.3 Å². The average molecular weight is 528 g/mol. The maximum Gasteiger partial charge on any atom is 0.354 e. The summed E-state index contributed by atoms with van der Waals surface area (Å²) in [6.45, 7) is 5.57. The van der Waals surface area contributed by atoms with E-state index in [1.54, 1.807) is 36.0 Å². The number of hydrogen-bond donors (Lipinski definition) is 2. The van der Waals surface area contributed by atoms with Crippen molar-refractivity contribution in [3.05, 3.63) is 90.3 Å². The van der Waals surface area contributed by atoms with E-state index in [1.165, 1.54) is 4.57 Å². The maximum atomic E-state index is 13.5. The van der Waals surface area contributed by atoms with Gasteiger partial charge in [-0.3, -0.25) is 14.4 Å². The molecule has 188 valence electrons. The molecule has 2 aliphatic carbocycles. The summed E-state index contributed by atoms with van der Waals surface area (Å²) in [5, 5.41) is 13.3. The van der Waals surface area contributed by atoms with Gasteiger partial charge in [-0.2, -0.15) is 4.98 Å². The zero-order chi connectivity index (χ0) is 25.9. The van der Waals surface area contributed by atoms with Crippen LogP contribution in [0.3, 0.4) is 0 Å². The summed E-state index contributed by atoms with van der Waals surface area (Å²) in [6.07, 6.45) is 7.13. The van der Waals surface area contributed by atoms with Crippen LogP contribution in [-0.2, 0) is 17.9 Å². The van der Waals surface area contributed by atoms with E-state index >= 15 is 0 Å². The molecule has 4 rings (SSSR count). The van der Waals surface area contributed by atoms with Gasteiger partial charge in [-0.1, -0.05) is 42.8 Å². The molecule has 2 aromatic rings. The maximum absolute atomic E-state index is 13.5. The van der Waals surface area contributed by atoms with Gasteiger partial charge in [-0.15, -0.1) is 11.8 Å². The van der Waals surface area contributed by atoms with Crippen LogP contribution in [0.25, 0.3) is 0 Å². The number of aromatic nitrogens is 3. The number of hydrogen-bond acceptors (Lipinski definition) is 7. The van der Waals surface area contributed by atoms with Crippen LogP contribution >= 0.6 is 23.4 Å². The molecule has 2 aliphatic rings. The first-order chi connectivity index (χ1) is 17.3. The number of aliphatic imine (C=N–C) groups is 1. The smallest absolute Gasteiger partial charge is 0.354 e. The minimum absolute atomic E-state index is 0.0646. The Morgan fingerprint density at radius 3 is 2.58 bits per heavy atom. The minimum Gasteiger partial charge on any atom is -0.481 e. The fourth-order valence-electron chi connectivity index (χ4n) is 3.87. The van der Waals surface area contributed by atoms with E-state index in [1.807, 2.05) is 25.2 Å². The van der Waals surface area contributed by atoms with Crippen LogP contribution in [0.15, 0.2) is 73.4 Å². The number of allylic oxidation sites excluding steroid dienone is 3. The van der Waals surface area contributed by atoms with Crippen molar-refractivity contribution >= 4 is 42.0 Å². The monoisotopic (exact) mass is 527 g/mol. The van der Waals surface area contributed by atoms with E-state index in [-0.39, 0.29) is 19.0 Å². The lowest BCUT2D eigenvalue weighted by Crippen LogP contribution is -2.45. The fraction of sp³-hybridized carbons (Fsp3) is 0.320. The second-order valence-corrected chi connectivity index (χ2v) is 10.3. The lowest BCUT2D eigenvalue weighted by molar-refractivity contribution is -0.143. The number of aliphatic carboxylic acids is 1. The summed E-state index contributed by atoms with van der Waals surface area (Å²) in [5.41, 5.74) is -0.346. The van der Waals surface area contributed by atoms with Crippen molar-refractivity contribution in [1.29, 1.82) is 0 Å². The van der Waals surface area contributed by atoms with Crippen molar-refractivity contribution in [2.45, 2.75) is 39.3 Å².